The zero-order valence-corrected chi connectivity index (χ0v) is 10.7. The zero-order chi connectivity index (χ0) is 14.4. The quantitative estimate of drug-likeness (QED) is 0.594. The van der Waals surface area contributed by atoms with E-state index in [1.807, 2.05) is 0 Å². The third-order valence-corrected chi connectivity index (χ3v) is 3.75. The second kappa shape index (κ2) is 4.57. The van der Waals surface area contributed by atoms with E-state index in [2.05, 4.69) is 0 Å². The lowest BCUT2D eigenvalue weighted by Crippen LogP contribution is -2.31. The molecule has 0 aromatic carbocycles. The van der Waals surface area contributed by atoms with Crippen molar-refractivity contribution in [2.24, 2.45) is 0 Å². The Morgan fingerprint density at radius 2 is 1.90 bits per heavy atom. The van der Waals surface area contributed by atoms with Gasteiger partial charge in [-0.05, 0) is 12.8 Å². The number of hydrogen-bond acceptors (Lipinski definition) is 5. The van der Waals surface area contributed by atoms with E-state index in [9.17, 15) is 25.1 Å². The van der Waals surface area contributed by atoms with E-state index in [0.29, 0.717) is 0 Å². The summed E-state index contributed by atoms with van der Waals surface area (Å²) in [6.07, 6.45) is 1.26. The lowest BCUT2D eigenvalue weighted by Gasteiger charge is -2.16. The maximum atomic E-state index is 12.4. The van der Waals surface area contributed by atoms with Gasteiger partial charge in [0.1, 0.15) is 5.69 Å². The number of rotatable bonds is 3. The molecule has 0 unspecified atom stereocenters. The highest BCUT2D eigenvalue weighted by Crippen LogP contribution is 2.38. The zero-order valence-electron chi connectivity index (χ0n) is 10.7. The predicted octanol–water partition coefficient (Wildman–Crippen LogP) is -0.0912. The number of nitrogens with zero attached hydrogens (tertiary/aromatic N) is 3. The van der Waals surface area contributed by atoms with Gasteiger partial charge in [-0.1, -0.05) is 0 Å². The average Bonchev–Trinajstić information content (AvgIpc) is 3.05. The average molecular weight is 281 g/mol. The van der Waals surface area contributed by atoms with E-state index in [-0.39, 0.29) is 36.4 Å². The van der Waals surface area contributed by atoms with Gasteiger partial charge in [-0.3, -0.25) is 14.9 Å². The Hall–Kier alpha value is -1.93. The van der Waals surface area contributed by atoms with Crippen LogP contribution in [0, 0.1) is 10.1 Å². The second-order valence-corrected chi connectivity index (χ2v) is 5.32. The van der Waals surface area contributed by atoms with Crippen LogP contribution in [0.2, 0.25) is 0 Å². The van der Waals surface area contributed by atoms with Gasteiger partial charge in [-0.15, -0.1) is 0 Å². The standard InChI is InChI=1S/C12H15N3O5/c16-10-5-13(6-11(10)17)12(18)9-3-8(15(19)20)4-14(9)7-1-2-7/h3-4,7,10-11,16-17H,1-2,5-6H2/t10-,11+. The van der Waals surface area contributed by atoms with E-state index in [0.717, 1.165) is 12.8 Å². The molecule has 1 aliphatic heterocycles. The lowest BCUT2D eigenvalue weighted by atomic mass is 10.3. The molecule has 1 aliphatic carbocycles. The van der Waals surface area contributed by atoms with Crippen LogP contribution >= 0.6 is 0 Å². The van der Waals surface area contributed by atoms with E-state index in [1.165, 1.54) is 17.2 Å². The molecule has 2 heterocycles. The summed E-state index contributed by atoms with van der Waals surface area (Å²) in [5.41, 5.74) is 0.140. The molecule has 1 saturated carbocycles. The maximum absolute atomic E-state index is 12.4. The number of carbonyl (C=O) groups is 1. The first-order valence-electron chi connectivity index (χ1n) is 6.49. The summed E-state index contributed by atoms with van der Waals surface area (Å²) in [6, 6.07) is 1.40. The molecular formula is C12H15N3O5. The number of aliphatic hydroxyl groups is 2. The van der Waals surface area contributed by atoms with Gasteiger partial charge in [0.25, 0.3) is 11.6 Å². The van der Waals surface area contributed by atoms with Crippen molar-refractivity contribution in [2.75, 3.05) is 13.1 Å². The molecule has 2 aliphatic rings. The van der Waals surface area contributed by atoms with Crippen molar-refractivity contribution in [1.82, 2.24) is 9.47 Å². The van der Waals surface area contributed by atoms with E-state index < -0.39 is 17.1 Å². The molecule has 2 fully saturated rings. The molecule has 0 bridgehead atoms. The van der Waals surface area contributed by atoms with Gasteiger partial charge in [-0.25, -0.2) is 0 Å². The summed E-state index contributed by atoms with van der Waals surface area (Å²) in [5, 5.41) is 29.8. The minimum atomic E-state index is -0.960. The van der Waals surface area contributed by atoms with Crippen LogP contribution in [0.3, 0.4) is 0 Å². The normalized spacial score (nSPS) is 26.0. The molecule has 2 N–H and O–H groups in total. The summed E-state index contributed by atoms with van der Waals surface area (Å²) >= 11 is 0. The van der Waals surface area contributed by atoms with Crippen LogP contribution in [-0.2, 0) is 0 Å². The first-order valence-corrected chi connectivity index (χ1v) is 6.49. The van der Waals surface area contributed by atoms with Crippen LogP contribution in [0.25, 0.3) is 0 Å². The maximum Gasteiger partial charge on any atom is 0.287 e. The Morgan fingerprint density at radius 1 is 1.30 bits per heavy atom. The largest absolute Gasteiger partial charge is 0.388 e. The Balaban J connectivity index is 1.89. The Kier molecular flexibility index (Phi) is 2.98. The third-order valence-electron chi connectivity index (χ3n) is 3.75. The van der Waals surface area contributed by atoms with Crippen molar-refractivity contribution in [1.29, 1.82) is 0 Å². The van der Waals surface area contributed by atoms with E-state index in [1.54, 1.807) is 4.57 Å². The molecule has 8 nitrogen and oxygen atoms in total. The fraction of sp³-hybridized carbons (Fsp3) is 0.583. The van der Waals surface area contributed by atoms with Crippen molar-refractivity contribution in [2.45, 2.75) is 31.1 Å². The summed E-state index contributed by atoms with van der Waals surface area (Å²) < 4.78 is 1.64. The Morgan fingerprint density at radius 3 is 2.40 bits per heavy atom. The number of amides is 1. The predicted molar refractivity (Wildman–Crippen MR) is 67.3 cm³/mol. The number of aliphatic hydroxyl groups excluding tert-OH is 2. The lowest BCUT2D eigenvalue weighted by molar-refractivity contribution is -0.384. The van der Waals surface area contributed by atoms with Crippen LogP contribution in [0.1, 0.15) is 29.4 Å². The third kappa shape index (κ3) is 2.16. The van der Waals surface area contributed by atoms with Crippen LogP contribution in [0.4, 0.5) is 5.69 Å². The van der Waals surface area contributed by atoms with Gasteiger partial charge in [0.05, 0.1) is 23.3 Å². The van der Waals surface area contributed by atoms with Gasteiger partial charge >= 0.3 is 0 Å². The second-order valence-electron chi connectivity index (χ2n) is 5.32. The highest BCUT2D eigenvalue weighted by atomic mass is 16.6. The van der Waals surface area contributed by atoms with Crippen LogP contribution < -0.4 is 0 Å². The van der Waals surface area contributed by atoms with Gasteiger partial charge in [0.15, 0.2) is 0 Å². The molecule has 0 spiro atoms. The number of aromatic nitrogens is 1. The highest BCUT2D eigenvalue weighted by molar-refractivity contribution is 5.94. The SMILES string of the molecule is O=C(c1cc([N+](=O)[O-])cn1C1CC1)N1C[C@@H](O)[C@@H](O)C1. The minimum Gasteiger partial charge on any atom is -0.388 e. The first kappa shape index (κ1) is 13.1. The molecule has 1 aromatic rings. The molecule has 0 radical (unpaired) electrons. The van der Waals surface area contributed by atoms with Crippen LogP contribution in [-0.4, -0.2) is 55.8 Å². The van der Waals surface area contributed by atoms with Crippen LogP contribution in [0.5, 0.6) is 0 Å². The fourth-order valence-electron chi connectivity index (χ4n) is 2.49. The summed E-state index contributed by atoms with van der Waals surface area (Å²) in [4.78, 5) is 24.0. The van der Waals surface area contributed by atoms with Gasteiger partial charge < -0.3 is 19.7 Å². The molecule has 1 aromatic heterocycles. The minimum absolute atomic E-state index is 0.0453. The Labute approximate surface area is 114 Å². The van der Waals surface area contributed by atoms with E-state index >= 15 is 0 Å². The van der Waals surface area contributed by atoms with Crippen molar-refractivity contribution in [3.63, 3.8) is 0 Å². The Bertz CT molecular complexity index is 555. The molecule has 20 heavy (non-hydrogen) atoms. The fourth-order valence-corrected chi connectivity index (χ4v) is 2.49. The highest BCUT2D eigenvalue weighted by Gasteiger charge is 2.37. The molecule has 2 atom stereocenters. The summed E-state index contributed by atoms with van der Waals surface area (Å²) in [5.74, 6) is -0.388. The van der Waals surface area contributed by atoms with Gasteiger partial charge in [0.2, 0.25) is 0 Å². The molecular weight excluding hydrogens is 266 g/mol. The molecule has 108 valence electrons. The van der Waals surface area contributed by atoms with E-state index in [4.69, 9.17) is 0 Å². The molecule has 3 rings (SSSR count). The van der Waals surface area contributed by atoms with Crippen molar-refractivity contribution in [3.8, 4) is 0 Å². The summed E-state index contributed by atoms with van der Waals surface area (Å²) in [7, 11) is 0. The smallest absolute Gasteiger partial charge is 0.287 e. The van der Waals surface area contributed by atoms with Crippen LogP contribution in [0.15, 0.2) is 12.3 Å². The number of hydrogen-bond donors (Lipinski definition) is 2. The van der Waals surface area contributed by atoms with Gasteiger partial charge in [0, 0.05) is 25.2 Å². The molecule has 8 heteroatoms. The monoisotopic (exact) mass is 281 g/mol. The van der Waals surface area contributed by atoms with Crippen molar-refractivity contribution in [3.05, 3.63) is 28.1 Å². The number of carbonyl (C=O) groups excluding carboxylic acids is 1. The van der Waals surface area contributed by atoms with Crippen molar-refractivity contribution >= 4 is 11.6 Å². The number of likely N-dealkylation sites (tertiary alicyclic amines) is 1. The topological polar surface area (TPSA) is 109 Å². The van der Waals surface area contributed by atoms with Gasteiger partial charge in [-0.2, -0.15) is 0 Å². The first-order chi connectivity index (χ1) is 9.47. The number of β-amino-alcohol motifs (C(OH)–C–C–N with tert-alkyl or cyclic N) is 2. The summed E-state index contributed by atoms with van der Waals surface area (Å²) in [6.45, 7) is 0.0906. The molecule has 1 amide bonds. The van der Waals surface area contributed by atoms with Crippen molar-refractivity contribution < 1.29 is 19.9 Å². The number of nitro groups is 1. The molecule has 1 saturated heterocycles.